The molecule has 0 aliphatic carbocycles. The van der Waals surface area contributed by atoms with Crippen molar-refractivity contribution in [2.75, 3.05) is 10.0 Å². The quantitative estimate of drug-likeness (QED) is 0.533. The van der Waals surface area contributed by atoms with Gasteiger partial charge in [-0.15, -0.1) is 11.3 Å². The highest BCUT2D eigenvalue weighted by molar-refractivity contribution is 7.93. The summed E-state index contributed by atoms with van der Waals surface area (Å²) in [6, 6.07) is 2.27. The highest BCUT2D eigenvalue weighted by Crippen LogP contribution is 2.29. The molecule has 0 saturated carbocycles. The summed E-state index contributed by atoms with van der Waals surface area (Å²) in [5.74, 6) is -3.71. The summed E-state index contributed by atoms with van der Waals surface area (Å²) >= 11 is 0.555. The lowest BCUT2D eigenvalue weighted by Crippen LogP contribution is -2.20. The lowest BCUT2D eigenvalue weighted by Gasteiger charge is -2.14. The minimum absolute atomic E-state index is 0.125. The number of sulfonamides is 1. The SMILES string of the molecule is [2H]C([2H])([2H])C(=O)c1cc(C([2H])([2H])[2H])cc(C([2H])([2H])[2H])c1NC(=O)c1sccc1S(=O)(=O)Nc1onc(C)c1C([2H])([2H])[2H]. The van der Waals surface area contributed by atoms with Crippen LogP contribution in [0.4, 0.5) is 11.6 Å². The van der Waals surface area contributed by atoms with Crippen molar-refractivity contribution >= 4 is 44.6 Å². The van der Waals surface area contributed by atoms with Gasteiger partial charge in [-0.2, -0.15) is 0 Å². The second-order valence-electron chi connectivity index (χ2n) is 5.92. The van der Waals surface area contributed by atoms with Gasteiger partial charge in [-0.3, -0.25) is 9.59 Å². The van der Waals surface area contributed by atoms with Gasteiger partial charge in [-0.1, -0.05) is 11.2 Å². The summed E-state index contributed by atoms with van der Waals surface area (Å²) in [7, 11) is -4.75. The predicted molar refractivity (Wildman–Crippen MR) is 115 cm³/mol. The number of carbonyl (C=O) groups excluding carboxylic acids is 2. The number of amides is 1. The molecule has 8 nitrogen and oxygen atoms in total. The van der Waals surface area contributed by atoms with Crippen LogP contribution < -0.4 is 10.0 Å². The van der Waals surface area contributed by atoms with Gasteiger partial charge in [0.1, 0.15) is 9.77 Å². The summed E-state index contributed by atoms with van der Waals surface area (Å²) in [6.45, 7) is -11.1. The molecule has 1 amide bonds. The van der Waals surface area contributed by atoms with E-state index in [4.69, 9.17) is 21.0 Å². The molecule has 0 atom stereocenters. The van der Waals surface area contributed by atoms with E-state index in [1.54, 1.807) is 0 Å². The molecule has 0 radical (unpaired) electrons. The average Bonchev–Trinajstić information content (AvgIpc) is 3.43. The maximum absolute atomic E-state index is 13.3. The number of carbonyl (C=O) groups is 2. The number of rotatable bonds is 6. The van der Waals surface area contributed by atoms with Crippen molar-refractivity contribution in [3.05, 3.63) is 56.4 Å². The van der Waals surface area contributed by atoms with Crippen LogP contribution in [-0.4, -0.2) is 25.3 Å². The van der Waals surface area contributed by atoms with Crippen LogP contribution in [0.25, 0.3) is 0 Å². The summed E-state index contributed by atoms with van der Waals surface area (Å²) in [6.07, 6.45) is 0. The zero-order valence-electron chi connectivity index (χ0n) is 27.1. The summed E-state index contributed by atoms with van der Waals surface area (Å²) in [4.78, 5) is 24.9. The molecule has 0 fully saturated rings. The largest absolute Gasteiger partial charge is 0.337 e. The normalized spacial score (nSPS) is 19.0. The number of nitrogens with one attached hydrogen (secondary N) is 2. The van der Waals surface area contributed by atoms with E-state index in [0.717, 1.165) is 11.4 Å². The molecule has 2 heterocycles. The van der Waals surface area contributed by atoms with Crippen LogP contribution in [0.1, 0.15) is 65.7 Å². The molecule has 2 aromatic heterocycles. The topological polar surface area (TPSA) is 118 Å². The first-order valence-corrected chi connectivity index (χ1v) is 10.3. The van der Waals surface area contributed by atoms with Gasteiger partial charge in [0.15, 0.2) is 5.78 Å². The van der Waals surface area contributed by atoms with Crippen LogP contribution >= 0.6 is 11.3 Å². The summed E-state index contributed by atoms with van der Waals surface area (Å²) < 4.78 is 125. The second-order valence-corrected chi connectivity index (χ2v) is 8.49. The molecular formula is C20H21N3O5S2. The lowest BCUT2D eigenvalue weighted by molar-refractivity contribution is 0.101. The Kier molecular flexibility index (Phi) is 2.91. The fourth-order valence-electron chi connectivity index (χ4n) is 2.42. The number of thiophene rings is 1. The molecular weight excluding hydrogens is 426 g/mol. The zero-order chi connectivity index (χ0) is 32.2. The second kappa shape index (κ2) is 8.04. The third-order valence-corrected chi connectivity index (χ3v) is 6.25. The number of benzene rings is 1. The third kappa shape index (κ3) is 4.14. The standard InChI is InChI=1S/C20H21N3O5S2/c1-10-8-11(2)17(15(9-10)14(5)24)21-19(25)18-16(6-7-29-18)30(26,27)23-20-12(3)13(4)22-28-20/h6-9,23H,1-5H3,(H,21,25)/i1D3,2D3,3D3,5D3. The van der Waals surface area contributed by atoms with E-state index in [0.29, 0.717) is 23.5 Å². The van der Waals surface area contributed by atoms with Crippen molar-refractivity contribution < 1.29 is 39.0 Å². The van der Waals surface area contributed by atoms with E-state index >= 15 is 0 Å². The Morgan fingerprint density at radius 3 is 2.77 bits per heavy atom. The molecule has 0 aliphatic rings. The first-order valence-electron chi connectivity index (χ1n) is 14.0. The van der Waals surface area contributed by atoms with E-state index < -0.39 is 92.7 Å². The van der Waals surface area contributed by atoms with E-state index in [1.807, 2.05) is 4.72 Å². The predicted octanol–water partition coefficient (Wildman–Crippen LogP) is 4.23. The van der Waals surface area contributed by atoms with Crippen molar-refractivity contribution in [2.45, 2.75) is 39.2 Å². The van der Waals surface area contributed by atoms with Crippen molar-refractivity contribution in [3.8, 4) is 0 Å². The van der Waals surface area contributed by atoms with Gasteiger partial charge in [0.2, 0.25) is 5.88 Å². The first kappa shape index (κ1) is 10.9. The smallest absolute Gasteiger partial charge is 0.267 e. The van der Waals surface area contributed by atoms with Crippen LogP contribution in [0.2, 0.25) is 0 Å². The molecule has 3 rings (SSSR count). The van der Waals surface area contributed by atoms with Gasteiger partial charge < -0.3 is 9.84 Å². The number of nitrogens with zero attached hydrogens (tertiary/aromatic N) is 1. The fraction of sp³-hybridized carbons (Fsp3) is 0.250. The number of Topliss-reactive ketones (excluding diaryl/α,β-unsaturated/α-hetero) is 1. The number of ketones is 1. The molecule has 30 heavy (non-hydrogen) atoms. The molecule has 0 aliphatic heterocycles. The van der Waals surface area contributed by atoms with Crippen molar-refractivity contribution in [1.82, 2.24) is 5.16 Å². The van der Waals surface area contributed by atoms with Crippen molar-refractivity contribution in [1.29, 1.82) is 0 Å². The van der Waals surface area contributed by atoms with E-state index in [9.17, 15) is 18.0 Å². The Hall–Kier alpha value is -2.98. The molecule has 0 spiro atoms. The number of aryl methyl sites for hydroxylation is 3. The van der Waals surface area contributed by atoms with E-state index in [1.165, 1.54) is 6.92 Å². The van der Waals surface area contributed by atoms with Crippen LogP contribution in [0, 0.1) is 27.5 Å². The maximum atomic E-state index is 13.3. The summed E-state index contributed by atoms with van der Waals surface area (Å²) in [5.41, 5.74) is -4.02. The Morgan fingerprint density at radius 1 is 1.23 bits per heavy atom. The van der Waals surface area contributed by atoms with Gasteiger partial charge in [-0.25, -0.2) is 13.1 Å². The van der Waals surface area contributed by atoms with Crippen LogP contribution in [0.5, 0.6) is 0 Å². The van der Waals surface area contributed by atoms with Crippen LogP contribution in [0.3, 0.4) is 0 Å². The Morgan fingerprint density at radius 2 is 2.07 bits per heavy atom. The minimum atomic E-state index is -4.75. The Labute approximate surface area is 195 Å². The number of anilines is 2. The molecule has 0 bridgehead atoms. The zero-order valence-corrected chi connectivity index (χ0v) is 16.7. The molecule has 3 aromatic rings. The molecule has 1 aromatic carbocycles. The maximum Gasteiger partial charge on any atom is 0.267 e. The highest BCUT2D eigenvalue weighted by Gasteiger charge is 2.27. The number of hydrogen-bond acceptors (Lipinski definition) is 7. The number of hydrogen-bond donors (Lipinski definition) is 2. The van der Waals surface area contributed by atoms with Gasteiger partial charge in [0, 0.05) is 27.6 Å². The molecule has 158 valence electrons. The highest BCUT2D eigenvalue weighted by atomic mass is 32.2. The first-order chi connectivity index (χ1) is 18.9. The van der Waals surface area contributed by atoms with Gasteiger partial charge in [0.25, 0.3) is 15.9 Å². The van der Waals surface area contributed by atoms with Crippen LogP contribution in [0.15, 0.2) is 33.0 Å². The monoisotopic (exact) mass is 459 g/mol. The fourth-order valence-corrected chi connectivity index (χ4v) is 4.74. The third-order valence-electron chi connectivity index (χ3n) is 3.84. The van der Waals surface area contributed by atoms with Crippen molar-refractivity contribution in [2.24, 2.45) is 0 Å². The van der Waals surface area contributed by atoms with E-state index in [2.05, 4.69) is 10.5 Å². The van der Waals surface area contributed by atoms with E-state index in [-0.39, 0.29) is 5.69 Å². The summed E-state index contributed by atoms with van der Waals surface area (Å²) in [5, 5.41) is 6.69. The molecule has 0 saturated heterocycles. The van der Waals surface area contributed by atoms with Gasteiger partial charge >= 0.3 is 0 Å². The molecule has 2 N–H and O–H groups in total. The lowest BCUT2D eigenvalue weighted by atomic mass is 10.0. The van der Waals surface area contributed by atoms with Gasteiger partial charge in [-0.05, 0) is 63.0 Å². The molecule has 0 unspecified atom stereocenters. The van der Waals surface area contributed by atoms with Crippen LogP contribution in [-0.2, 0) is 10.0 Å². The van der Waals surface area contributed by atoms with Gasteiger partial charge in [0.05, 0.1) is 11.4 Å². The van der Waals surface area contributed by atoms with Crippen molar-refractivity contribution in [3.63, 3.8) is 0 Å². The Bertz CT molecular complexity index is 1650. The average molecular weight is 460 g/mol. The molecule has 10 heteroatoms. The minimum Gasteiger partial charge on any atom is -0.337 e. The Balaban J connectivity index is 2.15. The number of aromatic nitrogens is 1.